The molecule has 164 valence electrons. The van der Waals surface area contributed by atoms with Crippen LogP contribution in [0.1, 0.15) is 72.6 Å². The summed E-state index contributed by atoms with van der Waals surface area (Å²) in [6.45, 7) is 13.9. The molecule has 1 N–H and O–H groups in total. The van der Waals surface area contributed by atoms with Gasteiger partial charge < -0.3 is 9.53 Å². The quantitative estimate of drug-likeness (QED) is 0.468. The summed E-state index contributed by atoms with van der Waals surface area (Å²) in [4.78, 5) is 12.6. The molecule has 0 aromatic heterocycles. The van der Waals surface area contributed by atoms with Gasteiger partial charge in [0.1, 0.15) is 5.78 Å². The monoisotopic (exact) mass is 418 g/mol. The first-order chi connectivity index (χ1) is 13.5. The van der Waals surface area contributed by atoms with Crippen LogP contribution in [0.15, 0.2) is 11.6 Å². The molecule has 0 amide bonds. The molecule has 29 heavy (non-hydrogen) atoms. The predicted molar refractivity (Wildman–Crippen MR) is 120 cm³/mol. The molecule has 4 rings (SSSR count). The number of hydrogen-bond acceptors (Lipinski definition) is 3. The molecule has 3 saturated carbocycles. The van der Waals surface area contributed by atoms with Crippen LogP contribution in [0, 0.1) is 34.5 Å². The van der Waals surface area contributed by atoms with E-state index in [9.17, 15) is 9.90 Å². The van der Waals surface area contributed by atoms with Crippen LogP contribution in [0.4, 0.5) is 0 Å². The number of rotatable bonds is 4. The lowest BCUT2D eigenvalue weighted by Crippen LogP contribution is -2.56. The number of Topliss-reactive ketones (excluding diaryl/α,β-unsaturated/α-hetero) is 1. The third kappa shape index (κ3) is 3.61. The van der Waals surface area contributed by atoms with Crippen LogP contribution in [-0.4, -0.2) is 31.4 Å². The van der Waals surface area contributed by atoms with Gasteiger partial charge in [-0.15, -0.1) is 0 Å². The zero-order chi connectivity index (χ0) is 21.2. The highest BCUT2D eigenvalue weighted by molar-refractivity contribution is 6.71. The van der Waals surface area contributed by atoms with Gasteiger partial charge in [-0.1, -0.05) is 39.3 Å². The molecule has 0 saturated heterocycles. The minimum Gasteiger partial charge on any atom is -0.414 e. The van der Waals surface area contributed by atoms with E-state index in [1.807, 2.05) is 0 Å². The standard InChI is InChI=1S/C25H42O3Si/c1-16(2)15-29(5,6)28-18-11-12-24(3)17(13-18)7-8-19-20-9-10-22(27)25(20,4)14-21(26)23(19)24/h7,16,18-21,23,26H,8-15H2,1-6H3/t18?,19-,20-,21?,23-,24-,25-/m0/s1. The molecule has 0 radical (unpaired) electrons. The first-order valence-electron chi connectivity index (χ1n) is 12.0. The van der Waals surface area contributed by atoms with Gasteiger partial charge >= 0.3 is 0 Å². The lowest BCUT2D eigenvalue weighted by atomic mass is 9.47. The Kier molecular flexibility index (Phi) is 5.48. The van der Waals surface area contributed by atoms with Gasteiger partial charge in [0.25, 0.3) is 0 Å². The number of aliphatic hydroxyl groups excluding tert-OH is 1. The molecular formula is C25H42O3Si. The molecule has 0 spiro atoms. The Morgan fingerprint density at radius 2 is 1.97 bits per heavy atom. The summed E-state index contributed by atoms with van der Waals surface area (Å²) in [6.07, 6.45) is 9.24. The number of ketones is 1. The summed E-state index contributed by atoms with van der Waals surface area (Å²) in [5, 5.41) is 11.3. The van der Waals surface area contributed by atoms with E-state index in [1.54, 1.807) is 0 Å². The average Bonchev–Trinajstić information content (AvgIpc) is 2.88. The Hall–Kier alpha value is -0.453. The Balaban J connectivity index is 1.54. The van der Waals surface area contributed by atoms with Crippen molar-refractivity contribution in [2.24, 2.45) is 34.5 Å². The average molecular weight is 419 g/mol. The van der Waals surface area contributed by atoms with E-state index in [1.165, 1.54) is 11.6 Å². The largest absolute Gasteiger partial charge is 0.414 e. The molecule has 3 nitrogen and oxygen atoms in total. The smallest absolute Gasteiger partial charge is 0.187 e. The Labute approximate surface area is 178 Å². The van der Waals surface area contributed by atoms with Crippen molar-refractivity contribution in [2.45, 2.75) is 104 Å². The van der Waals surface area contributed by atoms with Crippen molar-refractivity contribution >= 4 is 14.1 Å². The Morgan fingerprint density at radius 1 is 1.24 bits per heavy atom. The molecule has 2 unspecified atom stereocenters. The molecular weight excluding hydrogens is 376 g/mol. The lowest BCUT2D eigenvalue weighted by molar-refractivity contribution is -0.144. The second-order valence-corrected chi connectivity index (χ2v) is 16.3. The van der Waals surface area contributed by atoms with Crippen LogP contribution >= 0.6 is 0 Å². The predicted octanol–water partition coefficient (Wildman–Crippen LogP) is 5.74. The van der Waals surface area contributed by atoms with Gasteiger partial charge in [-0.05, 0) is 86.7 Å². The second-order valence-electron chi connectivity index (χ2n) is 12.2. The maximum Gasteiger partial charge on any atom is 0.187 e. The van der Waals surface area contributed by atoms with Gasteiger partial charge in [0.15, 0.2) is 8.32 Å². The molecule has 4 aliphatic rings. The number of carbonyl (C=O) groups is 1. The van der Waals surface area contributed by atoms with Crippen LogP contribution in [-0.2, 0) is 9.22 Å². The molecule has 4 aliphatic carbocycles. The van der Waals surface area contributed by atoms with Crippen molar-refractivity contribution in [1.29, 1.82) is 0 Å². The maximum absolute atomic E-state index is 12.6. The van der Waals surface area contributed by atoms with Crippen LogP contribution in [0.2, 0.25) is 19.1 Å². The van der Waals surface area contributed by atoms with Gasteiger partial charge in [-0.25, -0.2) is 0 Å². The van der Waals surface area contributed by atoms with Gasteiger partial charge in [0, 0.05) is 17.9 Å². The van der Waals surface area contributed by atoms with Gasteiger partial charge in [-0.3, -0.25) is 4.79 Å². The fourth-order valence-electron chi connectivity index (χ4n) is 8.11. The van der Waals surface area contributed by atoms with Crippen molar-refractivity contribution in [1.82, 2.24) is 0 Å². The highest BCUT2D eigenvalue weighted by Gasteiger charge is 2.61. The van der Waals surface area contributed by atoms with Crippen LogP contribution in [0.25, 0.3) is 0 Å². The van der Waals surface area contributed by atoms with E-state index >= 15 is 0 Å². The molecule has 0 aromatic rings. The van der Waals surface area contributed by atoms with Crippen molar-refractivity contribution in [2.75, 3.05) is 0 Å². The molecule has 0 aliphatic heterocycles. The summed E-state index contributed by atoms with van der Waals surface area (Å²) in [7, 11) is -1.63. The molecule has 3 fully saturated rings. The Morgan fingerprint density at radius 3 is 2.66 bits per heavy atom. The summed E-state index contributed by atoms with van der Waals surface area (Å²) < 4.78 is 6.74. The molecule has 7 atom stereocenters. The van der Waals surface area contributed by atoms with Crippen molar-refractivity contribution in [3.63, 3.8) is 0 Å². The van der Waals surface area contributed by atoms with E-state index in [2.05, 4.69) is 46.9 Å². The fourth-order valence-corrected chi connectivity index (χ4v) is 11.3. The van der Waals surface area contributed by atoms with E-state index in [0.717, 1.165) is 38.5 Å². The van der Waals surface area contributed by atoms with E-state index in [0.29, 0.717) is 42.0 Å². The topological polar surface area (TPSA) is 46.5 Å². The highest BCUT2D eigenvalue weighted by Crippen LogP contribution is 2.64. The molecule has 0 aromatic carbocycles. The molecule has 0 heterocycles. The Bertz CT molecular complexity index is 698. The minimum absolute atomic E-state index is 0.0822. The summed E-state index contributed by atoms with van der Waals surface area (Å²) in [6, 6.07) is 1.22. The minimum atomic E-state index is -1.63. The third-order valence-electron chi connectivity index (χ3n) is 9.09. The first kappa shape index (κ1) is 21.8. The summed E-state index contributed by atoms with van der Waals surface area (Å²) in [5.74, 6) is 2.33. The third-order valence-corrected chi connectivity index (χ3v) is 11.9. The number of carbonyl (C=O) groups excluding carboxylic acids is 1. The zero-order valence-electron chi connectivity index (χ0n) is 19.5. The van der Waals surface area contributed by atoms with Gasteiger partial charge in [0.05, 0.1) is 6.10 Å². The number of hydrogen-bond donors (Lipinski definition) is 1. The lowest BCUT2D eigenvalue weighted by Gasteiger charge is -2.58. The number of aliphatic hydroxyl groups is 1. The van der Waals surface area contributed by atoms with Crippen LogP contribution < -0.4 is 0 Å². The summed E-state index contributed by atoms with van der Waals surface area (Å²) in [5.41, 5.74) is 1.34. The summed E-state index contributed by atoms with van der Waals surface area (Å²) >= 11 is 0. The number of fused-ring (bicyclic) bond motifs is 5. The van der Waals surface area contributed by atoms with Gasteiger partial charge in [0.2, 0.25) is 0 Å². The zero-order valence-corrected chi connectivity index (χ0v) is 20.5. The van der Waals surface area contributed by atoms with E-state index < -0.39 is 8.32 Å². The fraction of sp³-hybridized carbons (Fsp3) is 0.880. The van der Waals surface area contributed by atoms with Crippen molar-refractivity contribution < 1.29 is 14.3 Å². The van der Waals surface area contributed by atoms with Crippen molar-refractivity contribution in [3.05, 3.63) is 11.6 Å². The van der Waals surface area contributed by atoms with E-state index in [-0.39, 0.29) is 16.9 Å². The molecule has 0 bridgehead atoms. The second kappa shape index (κ2) is 7.31. The molecule has 4 heteroatoms. The normalized spacial score (nSPS) is 44.9. The van der Waals surface area contributed by atoms with Crippen LogP contribution in [0.3, 0.4) is 0 Å². The van der Waals surface area contributed by atoms with E-state index in [4.69, 9.17) is 4.43 Å². The van der Waals surface area contributed by atoms with Crippen LogP contribution in [0.5, 0.6) is 0 Å². The first-order valence-corrected chi connectivity index (χ1v) is 15.2. The highest BCUT2D eigenvalue weighted by atomic mass is 28.4. The van der Waals surface area contributed by atoms with Crippen molar-refractivity contribution in [3.8, 4) is 0 Å². The maximum atomic E-state index is 12.6. The number of allylic oxidation sites excluding steroid dienone is 1. The van der Waals surface area contributed by atoms with Gasteiger partial charge in [-0.2, -0.15) is 0 Å². The SMILES string of the molecule is CC(C)C[Si](C)(C)OC1CC[C@@]2(C)C(=CC[C@@H]3[C@H]2C(O)C[C@]2(C)C(=O)CC[C@@H]32)C1.